The van der Waals surface area contributed by atoms with E-state index in [1.165, 1.54) is 0 Å². The standard InChI is InChI=1S/C9H12BrN3O/c1-12-13-9(14)8(11)6-4-2-3-5-7(6)10/h2-5,8,12H,11H2,1H3,(H,13,14). The van der Waals surface area contributed by atoms with E-state index in [1.54, 1.807) is 7.05 Å². The number of nitrogens with two attached hydrogens (primary N) is 1. The Morgan fingerprint density at radius 2 is 2.14 bits per heavy atom. The predicted octanol–water partition coefficient (Wildman–Crippen LogP) is 0.700. The summed E-state index contributed by atoms with van der Waals surface area (Å²) in [6.07, 6.45) is 0. The van der Waals surface area contributed by atoms with E-state index < -0.39 is 6.04 Å². The van der Waals surface area contributed by atoms with Crippen LogP contribution in [0.1, 0.15) is 11.6 Å². The van der Waals surface area contributed by atoms with Crippen molar-refractivity contribution in [3.63, 3.8) is 0 Å². The SMILES string of the molecule is CNNC(=O)C(N)c1ccccc1Br. The summed E-state index contributed by atoms with van der Waals surface area (Å²) in [5.74, 6) is -0.264. The molecule has 0 spiro atoms. The number of hydrogen-bond donors (Lipinski definition) is 3. The van der Waals surface area contributed by atoms with Crippen molar-refractivity contribution < 1.29 is 4.79 Å². The van der Waals surface area contributed by atoms with Crippen LogP contribution in [0.15, 0.2) is 28.7 Å². The van der Waals surface area contributed by atoms with Gasteiger partial charge in [0.1, 0.15) is 6.04 Å². The molecule has 0 heterocycles. The second-order valence-corrected chi connectivity index (χ2v) is 3.59. The number of hydrazine groups is 1. The van der Waals surface area contributed by atoms with Crippen molar-refractivity contribution in [3.05, 3.63) is 34.3 Å². The van der Waals surface area contributed by atoms with Crippen molar-refractivity contribution in [2.24, 2.45) is 5.73 Å². The third-order valence-corrected chi connectivity index (χ3v) is 2.49. The van der Waals surface area contributed by atoms with Crippen LogP contribution in [0.3, 0.4) is 0 Å². The Balaban J connectivity index is 2.84. The fourth-order valence-electron chi connectivity index (χ4n) is 1.07. The van der Waals surface area contributed by atoms with Crippen LogP contribution in [-0.4, -0.2) is 13.0 Å². The second-order valence-electron chi connectivity index (χ2n) is 2.74. The fourth-order valence-corrected chi connectivity index (χ4v) is 1.60. The summed E-state index contributed by atoms with van der Waals surface area (Å²) in [6.45, 7) is 0. The zero-order valence-electron chi connectivity index (χ0n) is 7.75. The van der Waals surface area contributed by atoms with E-state index in [1.807, 2.05) is 24.3 Å². The molecule has 76 valence electrons. The molecule has 0 radical (unpaired) electrons. The molecule has 0 saturated carbocycles. The average molecular weight is 258 g/mol. The van der Waals surface area contributed by atoms with Crippen LogP contribution >= 0.6 is 15.9 Å². The van der Waals surface area contributed by atoms with E-state index in [2.05, 4.69) is 26.8 Å². The molecule has 0 saturated heterocycles. The maximum Gasteiger partial charge on any atom is 0.255 e. The number of amides is 1. The number of carbonyl (C=O) groups excluding carboxylic acids is 1. The summed E-state index contributed by atoms with van der Waals surface area (Å²) < 4.78 is 0.832. The van der Waals surface area contributed by atoms with Crippen molar-refractivity contribution in [2.45, 2.75) is 6.04 Å². The minimum atomic E-state index is -0.668. The zero-order valence-corrected chi connectivity index (χ0v) is 9.34. The third kappa shape index (κ3) is 2.54. The topological polar surface area (TPSA) is 67.1 Å². The van der Waals surface area contributed by atoms with Crippen LogP contribution in [-0.2, 0) is 4.79 Å². The third-order valence-electron chi connectivity index (χ3n) is 1.77. The minimum Gasteiger partial charge on any atom is -0.316 e. The van der Waals surface area contributed by atoms with Gasteiger partial charge in [-0.05, 0) is 11.6 Å². The molecule has 1 atom stereocenters. The number of benzene rings is 1. The van der Waals surface area contributed by atoms with E-state index >= 15 is 0 Å². The Morgan fingerprint density at radius 1 is 1.50 bits per heavy atom. The number of nitrogens with one attached hydrogen (secondary N) is 2. The first kappa shape index (κ1) is 11.2. The first-order valence-electron chi connectivity index (χ1n) is 4.13. The zero-order chi connectivity index (χ0) is 10.6. The molecule has 1 aromatic rings. The maximum atomic E-state index is 11.4. The Hall–Kier alpha value is -0.910. The van der Waals surface area contributed by atoms with Gasteiger partial charge in [0, 0.05) is 11.5 Å². The minimum absolute atomic E-state index is 0.264. The number of rotatable bonds is 3. The van der Waals surface area contributed by atoms with E-state index in [0.29, 0.717) is 0 Å². The molecule has 14 heavy (non-hydrogen) atoms. The second kappa shape index (κ2) is 5.09. The summed E-state index contributed by atoms with van der Waals surface area (Å²) in [5, 5.41) is 0. The molecule has 1 unspecified atom stereocenters. The lowest BCUT2D eigenvalue weighted by Crippen LogP contribution is -2.40. The highest BCUT2D eigenvalue weighted by Gasteiger charge is 2.16. The molecule has 0 aliphatic carbocycles. The fraction of sp³-hybridized carbons (Fsp3) is 0.222. The molecular formula is C9H12BrN3O. The van der Waals surface area contributed by atoms with E-state index in [9.17, 15) is 4.79 Å². The highest BCUT2D eigenvalue weighted by molar-refractivity contribution is 9.10. The van der Waals surface area contributed by atoms with Crippen LogP contribution in [0.25, 0.3) is 0 Å². The highest BCUT2D eigenvalue weighted by Crippen LogP contribution is 2.21. The predicted molar refractivity (Wildman–Crippen MR) is 58.3 cm³/mol. The summed E-state index contributed by atoms with van der Waals surface area (Å²) in [7, 11) is 1.62. The van der Waals surface area contributed by atoms with Gasteiger partial charge in [-0.15, -0.1) is 0 Å². The van der Waals surface area contributed by atoms with Crippen LogP contribution in [0, 0.1) is 0 Å². The molecule has 0 aliphatic rings. The number of carbonyl (C=O) groups is 1. The van der Waals surface area contributed by atoms with E-state index in [0.717, 1.165) is 10.0 Å². The molecule has 0 fully saturated rings. The molecular weight excluding hydrogens is 246 g/mol. The van der Waals surface area contributed by atoms with Crippen LogP contribution in [0.2, 0.25) is 0 Å². The average Bonchev–Trinajstić information content (AvgIpc) is 2.18. The van der Waals surface area contributed by atoms with Gasteiger partial charge in [-0.2, -0.15) is 0 Å². The summed E-state index contributed by atoms with van der Waals surface area (Å²) in [4.78, 5) is 11.4. The first-order valence-corrected chi connectivity index (χ1v) is 4.92. The molecule has 1 rings (SSSR count). The van der Waals surface area contributed by atoms with Crippen molar-refractivity contribution in [1.82, 2.24) is 10.9 Å². The lowest BCUT2D eigenvalue weighted by molar-refractivity contribution is -0.123. The van der Waals surface area contributed by atoms with Gasteiger partial charge in [0.05, 0.1) is 0 Å². The van der Waals surface area contributed by atoms with Gasteiger partial charge in [-0.3, -0.25) is 10.2 Å². The highest BCUT2D eigenvalue weighted by atomic mass is 79.9. The maximum absolute atomic E-state index is 11.4. The van der Waals surface area contributed by atoms with Crippen LogP contribution in [0.4, 0.5) is 0 Å². The van der Waals surface area contributed by atoms with Gasteiger partial charge in [-0.1, -0.05) is 34.1 Å². The van der Waals surface area contributed by atoms with Crippen molar-refractivity contribution in [1.29, 1.82) is 0 Å². The quantitative estimate of drug-likeness (QED) is 0.699. The van der Waals surface area contributed by atoms with E-state index in [-0.39, 0.29) is 5.91 Å². The molecule has 4 N–H and O–H groups in total. The Morgan fingerprint density at radius 3 is 2.71 bits per heavy atom. The molecule has 4 nitrogen and oxygen atoms in total. The van der Waals surface area contributed by atoms with Crippen LogP contribution in [0.5, 0.6) is 0 Å². The van der Waals surface area contributed by atoms with Gasteiger partial charge in [-0.25, -0.2) is 5.43 Å². The molecule has 0 aliphatic heterocycles. The molecule has 0 bridgehead atoms. The van der Waals surface area contributed by atoms with Gasteiger partial charge >= 0.3 is 0 Å². The summed E-state index contributed by atoms with van der Waals surface area (Å²) in [5.41, 5.74) is 11.5. The van der Waals surface area contributed by atoms with Gasteiger partial charge in [0.15, 0.2) is 0 Å². The van der Waals surface area contributed by atoms with Gasteiger partial charge in [0.25, 0.3) is 5.91 Å². The Labute approximate surface area is 91.0 Å². The molecule has 1 aromatic carbocycles. The summed E-state index contributed by atoms with van der Waals surface area (Å²) >= 11 is 3.34. The monoisotopic (exact) mass is 257 g/mol. The Bertz CT molecular complexity index is 330. The molecule has 1 amide bonds. The summed E-state index contributed by atoms with van der Waals surface area (Å²) in [6, 6.07) is 6.70. The number of halogens is 1. The lowest BCUT2D eigenvalue weighted by Gasteiger charge is -2.12. The first-order chi connectivity index (χ1) is 6.66. The van der Waals surface area contributed by atoms with Crippen molar-refractivity contribution in [2.75, 3.05) is 7.05 Å². The Kier molecular flexibility index (Phi) is 4.06. The normalized spacial score (nSPS) is 12.2. The molecule has 0 aromatic heterocycles. The lowest BCUT2D eigenvalue weighted by atomic mass is 10.1. The molecule has 5 heteroatoms. The van der Waals surface area contributed by atoms with Crippen LogP contribution < -0.4 is 16.6 Å². The largest absolute Gasteiger partial charge is 0.316 e. The van der Waals surface area contributed by atoms with Gasteiger partial charge in [0.2, 0.25) is 0 Å². The smallest absolute Gasteiger partial charge is 0.255 e. The number of hydrogen-bond acceptors (Lipinski definition) is 3. The van der Waals surface area contributed by atoms with E-state index in [4.69, 9.17) is 5.73 Å². The van der Waals surface area contributed by atoms with Crippen molar-refractivity contribution >= 4 is 21.8 Å². The van der Waals surface area contributed by atoms with Gasteiger partial charge < -0.3 is 5.73 Å². The van der Waals surface area contributed by atoms with Crippen molar-refractivity contribution in [3.8, 4) is 0 Å².